The van der Waals surface area contributed by atoms with Gasteiger partial charge in [0, 0.05) is 30.4 Å². The highest BCUT2D eigenvalue weighted by Gasteiger charge is 2.42. The lowest BCUT2D eigenvalue weighted by Gasteiger charge is -2.40. The molecule has 0 bridgehead atoms. The van der Waals surface area contributed by atoms with Crippen LogP contribution >= 0.6 is 0 Å². The summed E-state index contributed by atoms with van der Waals surface area (Å²) in [6.07, 6.45) is 3.66. The summed E-state index contributed by atoms with van der Waals surface area (Å²) >= 11 is 0. The van der Waals surface area contributed by atoms with Crippen LogP contribution in [0.1, 0.15) is 38.7 Å². The largest absolute Gasteiger partial charge is 0.511 e. The Balaban J connectivity index is 1.76. The molecule has 0 fully saturated rings. The molecular weight excluding hydrogens is 519 g/mol. The first-order chi connectivity index (χ1) is 17.5. The second kappa shape index (κ2) is 10.6. The van der Waals surface area contributed by atoms with Crippen molar-refractivity contribution in [3.05, 3.63) is 65.2 Å². The molecule has 0 saturated carbocycles. The van der Waals surface area contributed by atoms with Crippen LogP contribution < -0.4 is 10.0 Å². The van der Waals surface area contributed by atoms with E-state index >= 15 is 0 Å². The maximum atomic E-state index is 13.7. The van der Waals surface area contributed by atoms with Gasteiger partial charge >= 0.3 is 0 Å². The van der Waals surface area contributed by atoms with E-state index in [4.69, 9.17) is 0 Å². The molecule has 12 heteroatoms. The molecule has 9 nitrogen and oxygen atoms in total. The summed E-state index contributed by atoms with van der Waals surface area (Å²) < 4.78 is 57.6. The van der Waals surface area contributed by atoms with Gasteiger partial charge < -0.3 is 20.0 Å². The molecular formula is C25H29FN4O5S2. The fourth-order valence-electron chi connectivity index (χ4n) is 4.59. The Morgan fingerprint density at radius 3 is 2.57 bits per heavy atom. The molecule has 0 radical (unpaired) electrons. The summed E-state index contributed by atoms with van der Waals surface area (Å²) in [7, 11) is -5.65. The summed E-state index contributed by atoms with van der Waals surface area (Å²) in [5.74, 6) is -1.87. The number of carbonyl (C=O) groups excluding carboxylic acids is 1. The van der Waals surface area contributed by atoms with Crippen LogP contribution in [0, 0.1) is 11.7 Å². The van der Waals surface area contributed by atoms with Crippen LogP contribution in [0.5, 0.6) is 0 Å². The minimum absolute atomic E-state index is 0.144. The lowest BCUT2D eigenvalue weighted by Crippen LogP contribution is -2.50. The topological polar surface area (TPSA) is 128 Å². The molecule has 1 amide bonds. The summed E-state index contributed by atoms with van der Waals surface area (Å²) in [6, 6.07) is 9.74. The monoisotopic (exact) mass is 548 g/mol. The predicted molar refractivity (Wildman–Crippen MR) is 141 cm³/mol. The lowest BCUT2D eigenvalue weighted by atomic mass is 9.85. The second-order valence-electron chi connectivity index (χ2n) is 9.12. The zero-order valence-corrected chi connectivity index (χ0v) is 22.3. The van der Waals surface area contributed by atoms with Gasteiger partial charge in [0.15, 0.2) is 5.84 Å². The number of aliphatic hydroxyl groups is 1. The summed E-state index contributed by atoms with van der Waals surface area (Å²) in [5.41, 5.74) is 1.01. The third-order valence-electron chi connectivity index (χ3n) is 6.51. The Kier molecular flexibility index (Phi) is 7.69. The lowest BCUT2D eigenvalue weighted by molar-refractivity contribution is -0.132. The molecule has 0 saturated heterocycles. The van der Waals surface area contributed by atoms with Gasteiger partial charge in [-0.05, 0) is 49.2 Å². The van der Waals surface area contributed by atoms with Gasteiger partial charge in [-0.15, -0.1) is 4.40 Å². The van der Waals surface area contributed by atoms with Crippen LogP contribution in [-0.2, 0) is 32.3 Å². The zero-order valence-electron chi connectivity index (χ0n) is 20.7. The van der Waals surface area contributed by atoms with E-state index in [1.165, 1.54) is 30.5 Å². The maximum absolute atomic E-state index is 13.7. The number of rotatable bonds is 8. The number of unbranched alkanes of at least 4 members (excludes halogenated alkanes) is 1. The van der Waals surface area contributed by atoms with Crippen LogP contribution in [-0.4, -0.2) is 46.7 Å². The highest BCUT2D eigenvalue weighted by molar-refractivity contribution is 7.90. The van der Waals surface area contributed by atoms with Crippen molar-refractivity contribution >= 4 is 44.1 Å². The first-order valence-corrected chi connectivity index (χ1v) is 14.9. The summed E-state index contributed by atoms with van der Waals surface area (Å²) in [6.45, 7) is 4.01. The van der Waals surface area contributed by atoms with E-state index in [0.29, 0.717) is 17.7 Å². The van der Waals surface area contributed by atoms with Crippen molar-refractivity contribution in [2.45, 2.75) is 50.6 Å². The van der Waals surface area contributed by atoms with Crippen molar-refractivity contribution in [2.24, 2.45) is 10.3 Å². The van der Waals surface area contributed by atoms with Gasteiger partial charge in [-0.25, -0.2) is 8.60 Å². The molecule has 0 aliphatic carbocycles. The molecule has 198 valence electrons. The molecule has 3 atom stereocenters. The standard InChI is InChI=1S/C25H29FN4O5S2/c1-4-5-6-19-15(2)30(14-16-7-9-17(26)10-8-16)25(32)22(23(19)31)24-27-20-12-11-18(28-36(3)33)13-21(20)37(34,35)29-24/h7-13,15,19,28,31H,4-6,14H2,1-3H3,(H,27,29)/t15-,19+,36?/m1/s1. The van der Waals surface area contributed by atoms with E-state index in [-0.39, 0.29) is 40.3 Å². The van der Waals surface area contributed by atoms with E-state index < -0.39 is 38.7 Å². The van der Waals surface area contributed by atoms with Gasteiger partial charge in [-0.1, -0.05) is 31.9 Å². The van der Waals surface area contributed by atoms with E-state index in [1.807, 2.05) is 13.8 Å². The molecule has 2 heterocycles. The number of hydrogen-bond acceptors (Lipinski definition) is 6. The van der Waals surface area contributed by atoms with E-state index in [9.17, 15) is 26.9 Å². The Bertz CT molecular complexity index is 1410. The van der Waals surface area contributed by atoms with Gasteiger partial charge in [-0.2, -0.15) is 8.42 Å². The van der Waals surface area contributed by atoms with Gasteiger partial charge in [0.05, 0.1) is 5.69 Å². The maximum Gasteiger partial charge on any atom is 0.286 e. The van der Waals surface area contributed by atoms with Crippen molar-refractivity contribution in [3.63, 3.8) is 0 Å². The van der Waals surface area contributed by atoms with Gasteiger partial charge in [0.1, 0.15) is 33.0 Å². The fraction of sp³-hybridized carbons (Fsp3) is 0.360. The summed E-state index contributed by atoms with van der Waals surface area (Å²) in [5, 5.41) is 14.2. The normalized spacial score (nSPS) is 21.7. The van der Waals surface area contributed by atoms with Crippen molar-refractivity contribution in [1.82, 2.24) is 4.90 Å². The summed E-state index contributed by atoms with van der Waals surface area (Å²) in [4.78, 5) is 15.1. The third-order valence-corrected chi connectivity index (χ3v) is 8.35. The molecule has 2 aromatic rings. The first kappa shape index (κ1) is 26.8. The Morgan fingerprint density at radius 2 is 1.92 bits per heavy atom. The fourth-order valence-corrected chi connectivity index (χ4v) is 6.20. The van der Waals surface area contributed by atoms with Crippen molar-refractivity contribution in [1.29, 1.82) is 0 Å². The predicted octanol–water partition coefficient (Wildman–Crippen LogP) is 4.09. The number of nitrogens with one attached hydrogen (secondary N) is 2. The zero-order chi connectivity index (χ0) is 26.9. The van der Waals surface area contributed by atoms with Gasteiger partial charge in [-0.3, -0.25) is 4.79 Å². The number of amidine groups is 1. The van der Waals surface area contributed by atoms with Crippen molar-refractivity contribution < 1.29 is 26.9 Å². The molecule has 1 unspecified atom stereocenters. The van der Waals surface area contributed by atoms with E-state index in [1.54, 1.807) is 23.1 Å². The number of fused-ring (bicyclic) bond motifs is 1. The Morgan fingerprint density at radius 1 is 1.22 bits per heavy atom. The van der Waals surface area contributed by atoms with Crippen LogP contribution in [0.25, 0.3) is 0 Å². The van der Waals surface area contributed by atoms with Crippen LogP contribution in [0.4, 0.5) is 15.8 Å². The molecule has 4 rings (SSSR count). The Labute approximate surface area is 218 Å². The third kappa shape index (κ3) is 5.54. The number of anilines is 2. The quantitative estimate of drug-likeness (QED) is 0.456. The number of halogens is 1. The number of nitrogens with zero attached hydrogens (tertiary/aromatic N) is 2. The van der Waals surface area contributed by atoms with Crippen molar-refractivity contribution in [2.75, 3.05) is 16.3 Å². The number of hydrogen-bond donors (Lipinski definition) is 3. The molecule has 2 aromatic carbocycles. The average Bonchev–Trinajstić information content (AvgIpc) is 2.83. The number of sulfonamides is 1. The second-order valence-corrected chi connectivity index (χ2v) is 11.8. The van der Waals surface area contributed by atoms with Gasteiger partial charge in [0.25, 0.3) is 15.9 Å². The molecule has 2 aliphatic rings. The smallest absolute Gasteiger partial charge is 0.286 e. The molecule has 0 aromatic heterocycles. The highest BCUT2D eigenvalue weighted by atomic mass is 32.2. The Hall–Kier alpha value is -3.25. The average molecular weight is 549 g/mol. The number of amides is 1. The number of benzene rings is 2. The highest BCUT2D eigenvalue weighted by Crippen LogP contribution is 2.37. The molecule has 0 spiro atoms. The van der Waals surface area contributed by atoms with Gasteiger partial charge in [0.2, 0.25) is 0 Å². The van der Waals surface area contributed by atoms with Crippen molar-refractivity contribution in [3.8, 4) is 0 Å². The number of aliphatic hydroxyl groups excluding tert-OH is 1. The van der Waals surface area contributed by atoms with Crippen LogP contribution in [0.3, 0.4) is 0 Å². The molecule has 2 aliphatic heterocycles. The van der Waals surface area contributed by atoms with Crippen LogP contribution in [0.2, 0.25) is 0 Å². The van der Waals surface area contributed by atoms with Crippen LogP contribution in [0.15, 0.2) is 63.1 Å². The number of carbonyl (C=O) groups is 1. The molecule has 3 N–H and O–H groups in total. The minimum Gasteiger partial charge on any atom is -0.511 e. The SMILES string of the molecule is CCCC[C@@H]1C(O)=C(C2=NS(=O)(=O)c3cc(NS(C)=O)ccc3N2)C(=O)N(Cc2ccc(F)cc2)[C@@H]1C. The van der Waals surface area contributed by atoms with E-state index in [0.717, 1.165) is 12.8 Å². The minimum atomic E-state index is -4.25. The molecule has 37 heavy (non-hydrogen) atoms. The van der Waals surface area contributed by atoms with E-state index in [2.05, 4.69) is 14.4 Å². The first-order valence-electron chi connectivity index (χ1n) is 11.9.